The van der Waals surface area contributed by atoms with Crippen LogP contribution in [0.15, 0.2) is 0 Å². The quantitative estimate of drug-likeness (QED) is 0.0605. The third kappa shape index (κ3) is 36.5. The van der Waals surface area contributed by atoms with Gasteiger partial charge in [-0.15, -0.1) is 0 Å². The minimum Gasteiger partial charge on any atom is -0.444 e. The molecule has 0 unspecified atom stereocenters. The van der Waals surface area contributed by atoms with E-state index in [1.54, 1.807) is 0 Å². The van der Waals surface area contributed by atoms with Gasteiger partial charge in [0, 0.05) is 39.0 Å². The molecule has 0 heterocycles. The fourth-order valence-electron chi connectivity index (χ4n) is 7.87. The molecule has 0 fully saturated rings. The number of carbonyl (C=O) groups is 3. The minimum absolute atomic E-state index is 0.197. The van der Waals surface area contributed by atoms with Crippen LogP contribution in [-0.4, -0.2) is 54.6 Å². The summed E-state index contributed by atoms with van der Waals surface area (Å²) in [7, 11) is 0. The van der Waals surface area contributed by atoms with Gasteiger partial charge in [0.1, 0.15) is 5.60 Å². The van der Waals surface area contributed by atoms with Crippen molar-refractivity contribution in [2.24, 2.45) is 11.8 Å². The monoisotopic (exact) mass is 792 g/mol. The predicted octanol–water partition coefficient (Wildman–Crippen LogP) is 14.3. The van der Waals surface area contributed by atoms with E-state index in [4.69, 9.17) is 4.74 Å². The molecular weight excluding hydrogens is 695 g/mol. The molecule has 0 saturated heterocycles. The van der Waals surface area contributed by atoms with Crippen LogP contribution in [-0.2, 0) is 14.3 Å². The van der Waals surface area contributed by atoms with Crippen molar-refractivity contribution in [3.63, 3.8) is 0 Å². The van der Waals surface area contributed by atoms with Crippen molar-refractivity contribution in [2.75, 3.05) is 26.2 Å². The molecule has 0 saturated carbocycles. The molecule has 7 heteroatoms. The van der Waals surface area contributed by atoms with Crippen molar-refractivity contribution in [1.82, 2.24) is 15.5 Å². The molecule has 0 aliphatic rings. The van der Waals surface area contributed by atoms with Crippen LogP contribution in [0.25, 0.3) is 0 Å². The Morgan fingerprint density at radius 3 is 1.11 bits per heavy atom. The van der Waals surface area contributed by atoms with E-state index in [1.807, 2.05) is 25.7 Å². The Morgan fingerprint density at radius 1 is 0.446 bits per heavy atom. The molecule has 7 nitrogen and oxygen atoms in total. The Labute approximate surface area is 349 Å². The summed E-state index contributed by atoms with van der Waals surface area (Å²) < 4.78 is 5.74. The fourth-order valence-corrected chi connectivity index (χ4v) is 7.87. The second-order valence-corrected chi connectivity index (χ2v) is 18.2. The van der Waals surface area contributed by atoms with Gasteiger partial charge in [-0.05, 0) is 84.0 Å². The summed E-state index contributed by atoms with van der Waals surface area (Å²) in [6.07, 6.45) is 37.1. The molecule has 56 heavy (non-hydrogen) atoms. The zero-order valence-electron chi connectivity index (χ0n) is 38.7. The average Bonchev–Trinajstić information content (AvgIpc) is 3.15. The average molecular weight is 792 g/mol. The summed E-state index contributed by atoms with van der Waals surface area (Å²) >= 11 is 0. The molecule has 3 amide bonds. The number of amides is 3. The second-order valence-electron chi connectivity index (χ2n) is 18.2. The maximum Gasteiger partial charge on any atom is 0.410 e. The molecule has 0 aliphatic heterocycles. The maximum absolute atomic E-state index is 13.0. The van der Waals surface area contributed by atoms with Gasteiger partial charge in [-0.2, -0.15) is 0 Å². The van der Waals surface area contributed by atoms with E-state index in [9.17, 15) is 14.4 Å². The summed E-state index contributed by atoms with van der Waals surface area (Å²) in [6, 6.07) is 0. The molecule has 0 radical (unpaired) electrons. The van der Waals surface area contributed by atoms with Crippen LogP contribution in [0.3, 0.4) is 0 Å². The van der Waals surface area contributed by atoms with Crippen molar-refractivity contribution in [1.29, 1.82) is 0 Å². The number of rotatable bonds is 40. The van der Waals surface area contributed by atoms with E-state index >= 15 is 0 Å². The summed E-state index contributed by atoms with van der Waals surface area (Å²) in [5.41, 5.74) is -0.508. The number of carbonyl (C=O) groups excluding carboxylic acids is 3. The molecule has 0 atom stereocenters. The molecule has 0 aromatic rings. The Morgan fingerprint density at radius 2 is 0.768 bits per heavy atom. The van der Waals surface area contributed by atoms with E-state index in [0.29, 0.717) is 25.9 Å². The second kappa shape index (κ2) is 38.7. The van der Waals surface area contributed by atoms with Gasteiger partial charge in [-0.1, -0.05) is 169 Å². The lowest BCUT2D eigenvalue weighted by atomic mass is 9.91. The van der Waals surface area contributed by atoms with Crippen LogP contribution in [0.1, 0.15) is 254 Å². The first-order valence-electron chi connectivity index (χ1n) is 24.6. The van der Waals surface area contributed by atoms with E-state index in [0.717, 1.165) is 102 Å². The standard InChI is InChI=1S/C49H97N3O4/c1-8-12-22-32-44(33-23-13-9-2)36-30-40-50-46(53)38-26-18-16-20-28-42-52(48(55)56-49(5,6)7)43-29-21-17-19-27-39-47(54)51-41-31-37-45(34-24-14-10-3)35-25-15-11-4/h44-45H,8-43H2,1-7H3,(H,50,53)(H,51,54). The van der Waals surface area contributed by atoms with Crippen LogP contribution >= 0.6 is 0 Å². The summed E-state index contributed by atoms with van der Waals surface area (Å²) in [4.78, 5) is 39.7. The van der Waals surface area contributed by atoms with Gasteiger partial charge in [0.2, 0.25) is 11.8 Å². The normalized spacial score (nSPS) is 11.7. The molecule has 0 spiro atoms. The minimum atomic E-state index is -0.508. The van der Waals surface area contributed by atoms with Gasteiger partial charge >= 0.3 is 6.09 Å². The van der Waals surface area contributed by atoms with Crippen LogP contribution in [0.5, 0.6) is 0 Å². The van der Waals surface area contributed by atoms with Crippen LogP contribution in [0.4, 0.5) is 4.79 Å². The smallest absolute Gasteiger partial charge is 0.410 e. The number of ether oxygens (including phenoxy) is 1. The molecular formula is C49H97N3O4. The Hall–Kier alpha value is -1.79. The first kappa shape index (κ1) is 54.2. The maximum atomic E-state index is 13.0. The van der Waals surface area contributed by atoms with Gasteiger partial charge in [-0.25, -0.2) is 4.79 Å². The first-order valence-corrected chi connectivity index (χ1v) is 24.6. The molecule has 0 aromatic carbocycles. The highest BCUT2D eigenvalue weighted by Gasteiger charge is 2.21. The number of hydrogen-bond donors (Lipinski definition) is 2. The number of hydrogen-bond acceptors (Lipinski definition) is 4. The third-order valence-corrected chi connectivity index (χ3v) is 11.4. The van der Waals surface area contributed by atoms with Crippen molar-refractivity contribution in [3.8, 4) is 0 Å². The lowest BCUT2D eigenvalue weighted by molar-refractivity contribution is -0.122. The zero-order valence-corrected chi connectivity index (χ0v) is 38.7. The van der Waals surface area contributed by atoms with Gasteiger partial charge in [0.15, 0.2) is 0 Å². The molecule has 332 valence electrons. The van der Waals surface area contributed by atoms with E-state index in [2.05, 4.69) is 38.3 Å². The zero-order chi connectivity index (χ0) is 41.5. The lowest BCUT2D eigenvalue weighted by Gasteiger charge is -2.27. The lowest BCUT2D eigenvalue weighted by Crippen LogP contribution is -2.38. The highest BCUT2D eigenvalue weighted by molar-refractivity contribution is 5.76. The first-order chi connectivity index (χ1) is 27.1. The van der Waals surface area contributed by atoms with Crippen molar-refractivity contribution in [2.45, 2.75) is 260 Å². The van der Waals surface area contributed by atoms with Gasteiger partial charge in [0.25, 0.3) is 0 Å². The van der Waals surface area contributed by atoms with Crippen molar-refractivity contribution < 1.29 is 19.1 Å². The predicted molar refractivity (Wildman–Crippen MR) is 241 cm³/mol. The van der Waals surface area contributed by atoms with Gasteiger partial charge in [0.05, 0.1) is 0 Å². The Bertz CT molecular complexity index is 826. The Balaban J connectivity index is 4.22. The van der Waals surface area contributed by atoms with E-state index in [1.165, 1.54) is 116 Å². The molecule has 2 N–H and O–H groups in total. The third-order valence-electron chi connectivity index (χ3n) is 11.4. The topological polar surface area (TPSA) is 87.7 Å². The number of unbranched alkanes of at least 4 members (excludes halogenated alkanes) is 16. The summed E-state index contributed by atoms with van der Waals surface area (Å²) in [5.74, 6) is 2.04. The fraction of sp³-hybridized carbons (Fsp3) is 0.939. The summed E-state index contributed by atoms with van der Waals surface area (Å²) in [5, 5.41) is 6.34. The van der Waals surface area contributed by atoms with Gasteiger partial charge in [-0.3, -0.25) is 9.59 Å². The largest absolute Gasteiger partial charge is 0.444 e. The molecule has 0 aromatic heterocycles. The Kier molecular flexibility index (Phi) is 37.5. The van der Waals surface area contributed by atoms with Gasteiger partial charge < -0.3 is 20.3 Å². The molecule has 0 bridgehead atoms. The van der Waals surface area contributed by atoms with Crippen molar-refractivity contribution >= 4 is 17.9 Å². The number of nitrogens with zero attached hydrogens (tertiary/aromatic N) is 1. The molecule has 0 rings (SSSR count). The highest BCUT2D eigenvalue weighted by Crippen LogP contribution is 2.23. The van der Waals surface area contributed by atoms with Crippen molar-refractivity contribution in [3.05, 3.63) is 0 Å². The van der Waals surface area contributed by atoms with Crippen LogP contribution in [0.2, 0.25) is 0 Å². The SMILES string of the molecule is CCCCCC(CCCCC)CCCNC(=O)CCCCCCCN(CCCCCCCC(=O)NCCCC(CCCCC)CCCCC)C(=O)OC(C)(C)C. The number of nitrogens with one attached hydrogen (secondary N) is 2. The van der Waals surface area contributed by atoms with E-state index < -0.39 is 5.60 Å². The van der Waals surface area contributed by atoms with E-state index in [-0.39, 0.29) is 17.9 Å². The summed E-state index contributed by atoms with van der Waals surface area (Å²) in [6.45, 7) is 17.9. The molecule has 0 aliphatic carbocycles. The van der Waals surface area contributed by atoms with Crippen LogP contribution < -0.4 is 10.6 Å². The van der Waals surface area contributed by atoms with Crippen LogP contribution in [0, 0.1) is 11.8 Å². The highest BCUT2D eigenvalue weighted by atomic mass is 16.6.